The first-order chi connectivity index (χ1) is 8.08. The SMILES string of the molecule is Nc1cc(Cl)ccc1Nc1cccc(F)c1F. The summed E-state index contributed by atoms with van der Waals surface area (Å²) in [6.07, 6.45) is 0. The van der Waals surface area contributed by atoms with Gasteiger partial charge in [-0.15, -0.1) is 0 Å². The molecule has 0 aliphatic carbocycles. The van der Waals surface area contributed by atoms with Crippen molar-refractivity contribution >= 4 is 28.7 Å². The summed E-state index contributed by atoms with van der Waals surface area (Å²) in [7, 11) is 0. The van der Waals surface area contributed by atoms with Crippen LogP contribution in [0.5, 0.6) is 0 Å². The monoisotopic (exact) mass is 254 g/mol. The van der Waals surface area contributed by atoms with Crippen LogP contribution in [-0.2, 0) is 0 Å². The minimum Gasteiger partial charge on any atom is -0.397 e. The quantitative estimate of drug-likeness (QED) is 0.797. The summed E-state index contributed by atoms with van der Waals surface area (Å²) >= 11 is 5.73. The Morgan fingerprint density at radius 1 is 1.06 bits per heavy atom. The van der Waals surface area contributed by atoms with E-state index in [4.69, 9.17) is 17.3 Å². The molecule has 2 aromatic carbocycles. The van der Waals surface area contributed by atoms with Gasteiger partial charge in [0.1, 0.15) is 0 Å². The van der Waals surface area contributed by atoms with Gasteiger partial charge in [0, 0.05) is 5.02 Å². The molecule has 0 bridgehead atoms. The molecule has 0 unspecified atom stereocenters. The summed E-state index contributed by atoms with van der Waals surface area (Å²) < 4.78 is 26.4. The van der Waals surface area contributed by atoms with E-state index in [1.165, 1.54) is 18.2 Å². The van der Waals surface area contributed by atoms with Gasteiger partial charge in [-0.3, -0.25) is 0 Å². The van der Waals surface area contributed by atoms with Crippen molar-refractivity contribution in [2.24, 2.45) is 0 Å². The Balaban J connectivity index is 2.35. The van der Waals surface area contributed by atoms with E-state index in [0.717, 1.165) is 6.07 Å². The first-order valence-electron chi connectivity index (χ1n) is 4.84. The van der Waals surface area contributed by atoms with Crippen LogP contribution in [0.3, 0.4) is 0 Å². The summed E-state index contributed by atoms with van der Waals surface area (Å²) in [5.74, 6) is -1.86. The van der Waals surface area contributed by atoms with Gasteiger partial charge in [-0.25, -0.2) is 8.78 Å². The van der Waals surface area contributed by atoms with Crippen LogP contribution in [0.15, 0.2) is 36.4 Å². The van der Waals surface area contributed by atoms with E-state index in [0.29, 0.717) is 16.4 Å². The molecule has 0 spiro atoms. The Labute approximate surface area is 102 Å². The Morgan fingerprint density at radius 3 is 2.53 bits per heavy atom. The number of nitrogens with one attached hydrogen (secondary N) is 1. The van der Waals surface area contributed by atoms with E-state index >= 15 is 0 Å². The van der Waals surface area contributed by atoms with Gasteiger partial charge >= 0.3 is 0 Å². The fraction of sp³-hybridized carbons (Fsp3) is 0. The molecule has 5 heteroatoms. The number of benzene rings is 2. The molecule has 3 N–H and O–H groups in total. The van der Waals surface area contributed by atoms with Crippen LogP contribution in [0.4, 0.5) is 25.8 Å². The lowest BCUT2D eigenvalue weighted by Gasteiger charge is -2.10. The van der Waals surface area contributed by atoms with E-state index in [1.54, 1.807) is 12.1 Å². The van der Waals surface area contributed by atoms with Gasteiger partial charge in [-0.1, -0.05) is 17.7 Å². The molecule has 0 heterocycles. The summed E-state index contributed by atoms with van der Waals surface area (Å²) in [5, 5.41) is 3.19. The van der Waals surface area contributed by atoms with Gasteiger partial charge in [0.2, 0.25) is 0 Å². The van der Waals surface area contributed by atoms with Crippen molar-refractivity contribution in [2.45, 2.75) is 0 Å². The maximum Gasteiger partial charge on any atom is 0.182 e. The predicted octanol–water partition coefficient (Wildman–Crippen LogP) is 3.94. The molecule has 0 radical (unpaired) electrons. The Kier molecular flexibility index (Phi) is 3.15. The molecule has 0 aliphatic rings. The van der Waals surface area contributed by atoms with Crippen LogP contribution in [0.2, 0.25) is 5.02 Å². The minimum atomic E-state index is -0.943. The number of halogens is 3. The zero-order valence-corrected chi connectivity index (χ0v) is 9.43. The van der Waals surface area contributed by atoms with Gasteiger partial charge in [0.05, 0.1) is 17.1 Å². The topological polar surface area (TPSA) is 38.0 Å². The molecule has 2 rings (SSSR count). The highest BCUT2D eigenvalue weighted by Crippen LogP contribution is 2.27. The summed E-state index contributed by atoms with van der Waals surface area (Å²) in [4.78, 5) is 0. The Bertz CT molecular complexity index is 558. The lowest BCUT2D eigenvalue weighted by atomic mass is 10.2. The van der Waals surface area contributed by atoms with Crippen LogP contribution in [0.1, 0.15) is 0 Å². The van der Waals surface area contributed by atoms with E-state index in [1.807, 2.05) is 0 Å². The molecule has 0 atom stereocenters. The Morgan fingerprint density at radius 2 is 1.82 bits per heavy atom. The number of nitrogen functional groups attached to an aromatic ring is 1. The smallest absolute Gasteiger partial charge is 0.182 e. The maximum absolute atomic E-state index is 13.4. The molecule has 0 aromatic heterocycles. The fourth-order valence-corrected chi connectivity index (χ4v) is 1.57. The molecule has 0 saturated heterocycles. The number of anilines is 3. The first kappa shape index (κ1) is 11.7. The number of hydrogen-bond donors (Lipinski definition) is 2. The van der Waals surface area contributed by atoms with Gasteiger partial charge in [0.25, 0.3) is 0 Å². The summed E-state index contributed by atoms with van der Waals surface area (Å²) in [6.45, 7) is 0. The van der Waals surface area contributed by atoms with Crippen molar-refractivity contribution in [2.75, 3.05) is 11.1 Å². The lowest BCUT2D eigenvalue weighted by Crippen LogP contribution is -1.99. The van der Waals surface area contributed by atoms with Crippen molar-refractivity contribution in [3.63, 3.8) is 0 Å². The fourth-order valence-electron chi connectivity index (χ4n) is 1.39. The first-order valence-corrected chi connectivity index (χ1v) is 5.22. The van der Waals surface area contributed by atoms with Gasteiger partial charge in [-0.05, 0) is 30.3 Å². The minimum absolute atomic E-state index is 0.0269. The molecule has 2 aromatic rings. The summed E-state index contributed by atoms with van der Waals surface area (Å²) in [6, 6.07) is 8.62. The molecular weight excluding hydrogens is 246 g/mol. The zero-order chi connectivity index (χ0) is 12.4. The molecule has 88 valence electrons. The molecule has 0 saturated carbocycles. The molecule has 0 fully saturated rings. The standard InChI is InChI=1S/C12H9ClF2N2/c13-7-4-5-10(9(16)6-7)17-11-3-1-2-8(14)12(11)15/h1-6,17H,16H2. The third-order valence-electron chi connectivity index (χ3n) is 2.23. The zero-order valence-electron chi connectivity index (χ0n) is 8.68. The average molecular weight is 255 g/mol. The second kappa shape index (κ2) is 4.59. The number of nitrogens with two attached hydrogens (primary N) is 1. The van der Waals surface area contributed by atoms with Crippen molar-refractivity contribution in [3.8, 4) is 0 Å². The lowest BCUT2D eigenvalue weighted by molar-refractivity contribution is 0.512. The normalized spacial score (nSPS) is 10.3. The van der Waals surface area contributed by atoms with E-state index < -0.39 is 11.6 Å². The van der Waals surface area contributed by atoms with Crippen LogP contribution in [0, 0.1) is 11.6 Å². The Hall–Kier alpha value is -1.81. The van der Waals surface area contributed by atoms with Crippen molar-refractivity contribution < 1.29 is 8.78 Å². The summed E-state index contributed by atoms with van der Waals surface area (Å²) in [5.41, 5.74) is 6.55. The largest absolute Gasteiger partial charge is 0.397 e. The van der Waals surface area contributed by atoms with Gasteiger partial charge in [-0.2, -0.15) is 0 Å². The van der Waals surface area contributed by atoms with Crippen molar-refractivity contribution in [3.05, 3.63) is 53.1 Å². The van der Waals surface area contributed by atoms with Crippen molar-refractivity contribution in [1.29, 1.82) is 0 Å². The van der Waals surface area contributed by atoms with Gasteiger partial charge < -0.3 is 11.1 Å². The molecule has 17 heavy (non-hydrogen) atoms. The van der Waals surface area contributed by atoms with E-state index in [2.05, 4.69) is 5.32 Å². The van der Waals surface area contributed by atoms with E-state index in [-0.39, 0.29) is 5.69 Å². The van der Waals surface area contributed by atoms with Crippen molar-refractivity contribution in [1.82, 2.24) is 0 Å². The highest BCUT2D eigenvalue weighted by Gasteiger charge is 2.08. The van der Waals surface area contributed by atoms with Crippen LogP contribution >= 0.6 is 11.6 Å². The molecule has 2 nitrogen and oxygen atoms in total. The second-order valence-corrected chi connectivity index (χ2v) is 3.89. The highest BCUT2D eigenvalue weighted by atomic mass is 35.5. The number of rotatable bonds is 2. The second-order valence-electron chi connectivity index (χ2n) is 3.46. The maximum atomic E-state index is 13.4. The predicted molar refractivity (Wildman–Crippen MR) is 65.5 cm³/mol. The van der Waals surface area contributed by atoms with Gasteiger partial charge in [0.15, 0.2) is 11.6 Å². The highest BCUT2D eigenvalue weighted by molar-refractivity contribution is 6.31. The van der Waals surface area contributed by atoms with Crippen LogP contribution in [0.25, 0.3) is 0 Å². The third-order valence-corrected chi connectivity index (χ3v) is 2.47. The number of hydrogen-bond acceptors (Lipinski definition) is 2. The average Bonchev–Trinajstić information content (AvgIpc) is 2.28. The van der Waals surface area contributed by atoms with E-state index in [9.17, 15) is 8.78 Å². The molecule has 0 aliphatic heterocycles. The van der Waals surface area contributed by atoms with Crippen LogP contribution < -0.4 is 11.1 Å². The van der Waals surface area contributed by atoms with Crippen LogP contribution in [-0.4, -0.2) is 0 Å². The third kappa shape index (κ3) is 2.47. The molecule has 0 amide bonds. The molecular formula is C12H9ClF2N2.